The molecule has 0 atom stereocenters. The van der Waals surface area contributed by atoms with Crippen LogP contribution in [0, 0.1) is 0 Å². The third-order valence-corrected chi connectivity index (χ3v) is 7.17. The SMILES string of the molecule is CC(C)(C)NS(=O)(=O)C1(Cn2c(=O)[nH]c3ccccc3c2=O)CCC1. The van der Waals surface area contributed by atoms with Crippen LogP contribution < -0.4 is 16.0 Å². The molecule has 1 aliphatic rings. The summed E-state index contributed by atoms with van der Waals surface area (Å²) >= 11 is 0. The number of H-pyrrole nitrogens is 1. The van der Waals surface area contributed by atoms with Crippen LogP contribution in [0.5, 0.6) is 0 Å². The summed E-state index contributed by atoms with van der Waals surface area (Å²) in [6, 6.07) is 6.72. The van der Waals surface area contributed by atoms with E-state index in [0.29, 0.717) is 23.7 Å². The van der Waals surface area contributed by atoms with E-state index in [0.717, 1.165) is 11.0 Å². The standard InChI is InChI=1S/C17H23N3O4S/c1-16(2,3)19-25(23,24)17(9-6-10-17)11-20-14(21)12-7-4-5-8-13(12)18-15(20)22/h4-5,7-8,19H,6,9-11H2,1-3H3,(H,18,22). The number of aromatic nitrogens is 2. The number of hydrogen-bond donors (Lipinski definition) is 2. The second-order valence-electron chi connectivity index (χ2n) is 7.76. The number of sulfonamides is 1. The molecule has 0 aliphatic heterocycles. The second kappa shape index (κ2) is 5.81. The third kappa shape index (κ3) is 3.16. The molecule has 2 N–H and O–H groups in total. The molecule has 3 rings (SSSR count). The third-order valence-electron chi connectivity index (χ3n) is 4.61. The van der Waals surface area contributed by atoms with Crippen LogP contribution in [-0.2, 0) is 16.6 Å². The van der Waals surface area contributed by atoms with Crippen LogP contribution in [0.15, 0.2) is 33.9 Å². The summed E-state index contributed by atoms with van der Waals surface area (Å²) in [5.74, 6) is 0. The molecule has 1 fully saturated rings. The van der Waals surface area contributed by atoms with Crippen molar-refractivity contribution < 1.29 is 8.42 Å². The van der Waals surface area contributed by atoms with Crippen LogP contribution in [0.25, 0.3) is 10.9 Å². The Kier molecular flexibility index (Phi) is 4.15. The quantitative estimate of drug-likeness (QED) is 0.853. The molecule has 0 saturated heterocycles. The van der Waals surface area contributed by atoms with Crippen LogP contribution in [0.4, 0.5) is 0 Å². The van der Waals surface area contributed by atoms with E-state index in [1.165, 1.54) is 0 Å². The Morgan fingerprint density at radius 3 is 2.40 bits per heavy atom. The van der Waals surface area contributed by atoms with Crippen LogP contribution >= 0.6 is 0 Å². The first-order valence-corrected chi connectivity index (χ1v) is 9.78. The first-order chi connectivity index (χ1) is 11.5. The molecule has 7 nitrogen and oxygen atoms in total. The molecule has 0 bridgehead atoms. The molecule has 0 amide bonds. The highest BCUT2D eigenvalue weighted by atomic mass is 32.2. The van der Waals surface area contributed by atoms with Gasteiger partial charge in [0.1, 0.15) is 4.75 Å². The van der Waals surface area contributed by atoms with Crippen molar-refractivity contribution in [2.24, 2.45) is 0 Å². The summed E-state index contributed by atoms with van der Waals surface area (Å²) in [5.41, 5.74) is -1.22. The number of benzene rings is 1. The number of rotatable bonds is 4. The Hall–Kier alpha value is -1.93. The van der Waals surface area contributed by atoms with Crippen LogP contribution in [-0.4, -0.2) is 28.3 Å². The number of hydrogen-bond acceptors (Lipinski definition) is 4. The normalized spacial score (nSPS) is 17.4. The van der Waals surface area contributed by atoms with Crippen molar-refractivity contribution in [3.8, 4) is 0 Å². The van der Waals surface area contributed by atoms with Crippen molar-refractivity contribution in [2.75, 3.05) is 0 Å². The fourth-order valence-electron chi connectivity index (χ4n) is 3.22. The fraction of sp³-hybridized carbons (Fsp3) is 0.529. The summed E-state index contributed by atoms with van der Waals surface area (Å²) in [7, 11) is -3.69. The van der Waals surface area contributed by atoms with Gasteiger partial charge >= 0.3 is 5.69 Å². The topological polar surface area (TPSA) is 101 Å². The predicted octanol–water partition coefficient (Wildman–Crippen LogP) is 1.33. The molecular formula is C17H23N3O4S. The number of aromatic amines is 1. The zero-order chi connectivity index (χ0) is 18.5. The van der Waals surface area contributed by atoms with Gasteiger partial charge in [-0.3, -0.25) is 9.36 Å². The highest BCUT2D eigenvalue weighted by molar-refractivity contribution is 7.91. The summed E-state index contributed by atoms with van der Waals surface area (Å²) in [6.45, 7) is 5.17. The van der Waals surface area contributed by atoms with Gasteiger partial charge in [0.15, 0.2) is 0 Å². The van der Waals surface area contributed by atoms with Gasteiger partial charge in [0.05, 0.1) is 17.4 Å². The van der Waals surface area contributed by atoms with E-state index in [-0.39, 0.29) is 6.54 Å². The monoisotopic (exact) mass is 365 g/mol. The van der Waals surface area contributed by atoms with Crippen molar-refractivity contribution in [3.05, 3.63) is 45.1 Å². The van der Waals surface area contributed by atoms with E-state index in [1.807, 2.05) is 0 Å². The van der Waals surface area contributed by atoms with Crippen molar-refractivity contribution in [2.45, 2.75) is 56.9 Å². The van der Waals surface area contributed by atoms with Gasteiger partial charge in [-0.05, 0) is 45.7 Å². The lowest BCUT2D eigenvalue weighted by Gasteiger charge is -2.42. The van der Waals surface area contributed by atoms with Gasteiger partial charge in [0.25, 0.3) is 5.56 Å². The van der Waals surface area contributed by atoms with Gasteiger partial charge in [-0.2, -0.15) is 0 Å². The lowest BCUT2D eigenvalue weighted by Crippen LogP contribution is -2.59. The average molecular weight is 365 g/mol. The van der Waals surface area contributed by atoms with Gasteiger partial charge in [0, 0.05) is 5.54 Å². The average Bonchev–Trinajstić information content (AvgIpc) is 2.42. The Labute approximate surface area is 146 Å². The minimum atomic E-state index is -3.69. The van der Waals surface area contributed by atoms with Crippen LogP contribution in [0.1, 0.15) is 40.0 Å². The molecule has 8 heteroatoms. The zero-order valence-electron chi connectivity index (χ0n) is 14.6. The molecule has 1 heterocycles. The highest BCUT2D eigenvalue weighted by Crippen LogP contribution is 2.40. The second-order valence-corrected chi connectivity index (χ2v) is 9.84. The molecule has 2 aromatic rings. The van der Waals surface area contributed by atoms with E-state index < -0.39 is 31.6 Å². The van der Waals surface area contributed by atoms with Crippen LogP contribution in [0.2, 0.25) is 0 Å². The van der Waals surface area contributed by atoms with E-state index in [9.17, 15) is 18.0 Å². The summed E-state index contributed by atoms with van der Waals surface area (Å²) in [6.07, 6.45) is 1.61. The maximum Gasteiger partial charge on any atom is 0.328 e. The smallest absolute Gasteiger partial charge is 0.307 e. The Morgan fingerprint density at radius 1 is 1.20 bits per heavy atom. The predicted molar refractivity (Wildman–Crippen MR) is 97.2 cm³/mol. The number of nitrogens with zero attached hydrogens (tertiary/aromatic N) is 1. The van der Waals surface area contributed by atoms with Gasteiger partial charge < -0.3 is 4.98 Å². The maximum absolute atomic E-state index is 12.9. The van der Waals surface area contributed by atoms with E-state index in [2.05, 4.69) is 9.71 Å². The summed E-state index contributed by atoms with van der Waals surface area (Å²) in [5, 5.41) is 0.373. The summed E-state index contributed by atoms with van der Waals surface area (Å²) < 4.78 is 28.4. The zero-order valence-corrected chi connectivity index (χ0v) is 15.4. The molecular weight excluding hydrogens is 342 g/mol. The molecule has 0 spiro atoms. The molecule has 0 radical (unpaired) electrons. The summed E-state index contributed by atoms with van der Waals surface area (Å²) in [4.78, 5) is 27.7. The largest absolute Gasteiger partial charge is 0.328 e. The molecule has 0 unspecified atom stereocenters. The van der Waals surface area contributed by atoms with Gasteiger partial charge in [-0.15, -0.1) is 0 Å². The van der Waals surface area contributed by atoms with E-state index in [4.69, 9.17) is 0 Å². The first kappa shape index (κ1) is 17.9. The molecule has 25 heavy (non-hydrogen) atoms. The van der Waals surface area contributed by atoms with Crippen LogP contribution in [0.3, 0.4) is 0 Å². The Balaban J connectivity index is 2.08. The van der Waals surface area contributed by atoms with Gasteiger partial charge in [0.2, 0.25) is 10.0 Å². The minimum Gasteiger partial charge on any atom is -0.307 e. The highest BCUT2D eigenvalue weighted by Gasteiger charge is 2.50. The maximum atomic E-state index is 12.9. The van der Waals surface area contributed by atoms with Gasteiger partial charge in [-0.1, -0.05) is 18.6 Å². The fourth-order valence-corrected chi connectivity index (χ4v) is 5.37. The molecule has 136 valence electrons. The number of fused-ring (bicyclic) bond motifs is 1. The lowest BCUT2D eigenvalue weighted by molar-refractivity contribution is 0.285. The van der Waals surface area contributed by atoms with Crippen molar-refractivity contribution >= 4 is 20.9 Å². The molecule has 1 aromatic heterocycles. The lowest BCUT2D eigenvalue weighted by atomic mass is 9.84. The Bertz CT molecular complexity index is 1020. The molecule has 1 aliphatic carbocycles. The van der Waals surface area contributed by atoms with Crippen molar-refractivity contribution in [1.29, 1.82) is 0 Å². The number of para-hydroxylation sites is 1. The molecule has 1 aromatic carbocycles. The van der Waals surface area contributed by atoms with Gasteiger partial charge in [-0.25, -0.2) is 17.9 Å². The Morgan fingerprint density at radius 2 is 1.84 bits per heavy atom. The van der Waals surface area contributed by atoms with Crippen molar-refractivity contribution in [1.82, 2.24) is 14.3 Å². The molecule has 1 saturated carbocycles. The van der Waals surface area contributed by atoms with Crippen molar-refractivity contribution in [3.63, 3.8) is 0 Å². The van der Waals surface area contributed by atoms with E-state index >= 15 is 0 Å². The minimum absolute atomic E-state index is 0.141. The van der Waals surface area contributed by atoms with E-state index in [1.54, 1.807) is 45.0 Å². The number of nitrogens with one attached hydrogen (secondary N) is 2. The first-order valence-electron chi connectivity index (χ1n) is 8.30.